The number of aromatic nitrogens is 3. The summed E-state index contributed by atoms with van der Waals surface area (Å²) < 4.78 is 8.67. The van der Waals surface area contributed by atoms with Crippen LogP contribution in [0, 0.1) is 0 Å². The Morgan fingerprint density at radius 1 is 0.380 bits per heavy atom. The molecule has 0 aliphatic heterocycles. The average molecular weight is 658 g/mol. The van der Waals surface area contributed by atoms with Crippen molar-refractivity contribution in [2.24, 2.45) is 0 Å². The first-order valence-electron chi connectivity index (χ1n) is 16.6. The van der Waals surface area contributed by atoms with Crippen LogP contribution in [0.15, 0.2) is 168 Å². The third-order valence-corrected chi connectivity index (χ3v) is 10.6. The number of para-hydroxylation sites is 1. The van der Waals surface area contributed by atoms with Crippen LogP contribution in [0.1, 0.15) is 0 Å². The lowest BCUT2D eigenvalue weighted by atomic mass is 9.99. The van der Waals surface area contributed by atoms with Crippen molar-refractivity contribution < 1.29 is 4.42 Å². The molecule has 0 radical (unpaired) electrons. The Bertz CT molecular complexity index is 2870. The van der Waals surface area contributed by atoms with Gasteiger partial charge in [-0.1, -0.05) is 133 Å². The Kier molecular flexibility index (Phi) is 6.64. The molecule has 0 N–H and O–H groups in total. The van der Waals surface area contributed by atoms with Gasteiger partial charge in [-0.3, -0.25) is 0 Å². The zero-order valence-corrected chi connectivity index (χ0v) is 27.6. The lowest BCUT2D eigenvalue weighted by molar-refractivity contribution is 0.669. The van der Waals surface area contributed by atoms with E-state index in [-0.39, 0.29) is 0 Å². The highest BCUT2D eigenvalue weighted by Gasteiger charge is 2.20. The lowest BCUT2D eigenvalue weighted by Crippen LogP contribution is -2.00. The first-order chi connectivity index (χ1) is 24.8. The standard InChI is InChI=1S/C45H27N3OS/c1-2-11-28(12-3-1)29-23-25-30(26-24-29)31-13-8-14-32(27-31)43-46-44(36-18-10-21-39-41(36)35-16-4-6-20-38(35)49-39)48-45(47-43)37-19-9-17-34-33-15-5-7-22-40(33)50-42(34)37/h1-27H. The summed E-state index contributed by atoms with van der Waals surface area (Å²) in [6, 6.07) is 56.8. The van der Waals surface area contributed by atoms with Gasteiger partial charge < -0.3 is 4.42 Å². The highest BCUT2D eigenvalue weighted by molar-refractivity contribution is 7.26. The summed E-state index contributed by atoms with van der Waals surface area (Å²) in [5.74, 6) is 1.87. The number of thiophene rings is 1. The fourth-order valence-corrected chi connectivity index (χ4v) is 8.17. The van der Waals surface area contributed by atoms with Gasteiger partial charge in [0.15, 0.2) is 17.5 Å². The zero-order valence-electron chi connectivity index (χ0n) is 26.7. The molecule has 0 atom stereocenters. The van der Waals surface area contributed by atoms with Gasteiger partial charge in [0, 0.05) is 47.6 Å². The van der Waals surface area contributed by atoms with Crippen molar-refractivity contribution >= 4 is 53.4 Å². The van der Waals surface area contributed by atoms with E-state index in [1.165, 1.54) is 26.6 Å². The molecule has 50 heavy (non-hydrogen) atoms. The fraction of sp³-hybridized carbons (Fsp3) is 0. The molecule has 7 aromatic carbocycles. The molecule has 3 aromatic heterocycles. The van der Waals surface area contributed by atoms with Crippen LogP contribution < -0.4 is 0 Å². The largest absolute Gasteiger partial charge is 0.456 e. The Morgan fingerprint density at radius 3 is 1.80 bits per heavy atom. The van der Waals surface area contributed by atoms with Crippen LogP contribution in [0.3, 0.4) is 0 Å². The molecule has 5 heteroatoms. The van der Waals surface area contributed by atoms with Gasteiger partial charge in [0.2, 0.25) is 0 Å². The molecule has 4 nitrogen and oxygen atoms in total. The lowest BCUT2D eigenvalue weighted by Gasteiger charge is -2.11. The molecular weight excluding hydrogens is 631 g/mol. The van der Waals surface area contributed by atoms with Crippen LogP contribution in [0.5, 0.6) is 0 Å². The molecule has 0 aliphatic carbocycles. The van der Waals surface area contributed by atoms with Crippen LogP contribution in [0.2, 0.25) is 0 Å². The highest BCUT2D eigenvalue weighted by atomic mass is 32.1. The summed E-state index contributed by atoms with van der Waals surface area (Å²) in [5.41, 5.74) is 9.09. The number of hydrogen-bond donors (Lipinski definition) is 0. The van der Waals surface area contributed by atoms with E-state index in [1.807, 2.05) is 36.4 Å². The number of hydrogen-bond acceptors (Lipinski definition) is 5. The third kappa shape index (κ3) is 4.79. The van der Waals surface area contributed by atoms with Gasteiger partial charge in [0.25, 0.3) is 0 Å². The van der Waals surface area contributed by atoms with E-state index in [9.17, 15) is 0 Å². The molecule has 0 saturated heterocycles. The number of fused-ring (bicyclic) bond motifs is 6. The van der Waals surface area contributed by atoms with Gasteiger partial charge in [-0.15, -0.1) is 11.3 Å². The van der Waals surface area contributed by atoms with E-state index >= 15 is 0 Å². The predicted molar refractivity (Wildman–Crippen MR) is 207 cm³/mol. The summed E-state index contributed by atoms with van der Waals surface area (Å²) in [6.45, 7) is 0. The Labute approximate surface area is 292 Å². The smallest absolute Gasteiger partial charge is 0.165 e. The predicted octanol–water partition coefficient (Wildman–Crippen LogP) is 12.5. The van der Waals surface area contributed by atoms with Gasteiger partial charge >= 0.3 is 0 Å². The molecular formula is C45H27N3OS. The van der Waals surface area contributed by atoms with E-state index in [0.29, 0.717) is 17.5 Å². The van der Waals surface area contributed by atoms with Crippen LogP contribution >= 0.6 is 11.3 Å². The molecule has 0 bridgehead atoms. The van der Waals surface area contributed by atoms with Gasteiger partial charge in [0.1, 0.15) is 11.2 Å². The summed E-state index contributed by atoms with van der Waals surface area (Å²) in [5, 5.41) is 4.48. The van der Waals surface area contributed by atoms with E-state index in [2.05, 4.69) is 127 Å². The first kappa shape index (κ1) is 28.6. The number of rotatable bonds is 5. The molecule has 0 spiro atoms. The van der Waals surface area contributed by atoms with E-state index in [4.69, 9.17) is 19.4 Å². The average Bonchev–Trinajstić information content (AvgIpc) is 3.77. The van der Waals surface area contributed by atoms with Crippen molar-refractivity contribution in [2.75, 3.05) is 0 Å². The van der Waals surface area contributed by atoms with E-state index in [0.717, 1.165) is 54.5 Å². The van der Waals surface area contributed by atoms with Crippen LogP contribution in [0.4, 0.5) is 0 Å². The van der Waals surface area contributed by atoms with E-state index in [1.54, 1.807) is 11.3 Å². The maximum absolute atomic E-state index is 6.27. The minimum Gasteiger partial charge on any atom is -0.456 e. The molecule has 0 unspecified atom stereocenters. The molecule has 0 aliphatic rings. The second-order valence-electron chi connectivity index (χ2n) is 12.4. The summed E-state index contributed by atoms with van der Waals surface area (Å²) >= 11 is 1.78. The minimum absolute atomic E-state index is 0.609. The topological polar surface area (TPSA) is 51.8 Å². The minimum atomic E-state index is 0.609. The number of nitrogens with zero attached hydrogens (tertiary/aromatic N) is 3. The monoisotopic (exact) mass is 657 g/mol. The van der Waals surface area contributed by atoms with Gasteiger partial charge in [-0.25, -0.2) is 15.0 Å². The van der Waals surface area contributed by atoms with Crippen molar-refractivity contribution in [3.05, 3.63) is 164 Å². The van der Waals surface area contributed by atoms with Crippen molar-refractivity contribution in [1.82, 2.24) is 15.0 Å². The Balaban J connectivity index is 1.17. The second-order valence-corrected chi connectivity index (χ2v) is 13.4. The highest BCUT2D eigenvalue weighted by Crippen LogP contribution is 2.41. The van der Waals surface area contributed by atoms with E-state index < -0.39 is 0 Å². The summed E-state index contributed by atoms with van der Waals surface area (Å²) in [7, 11) is 0. The summed E-state index contributed by atoms with van der Waals surface area (Å²) in [4.78, 5) is 15.6. The number of furan rings is 1. The first-order valence-corrected chi connectivity index (χ1v) is 17.4. The summed E-state index contributed by atoms with van der Waals surface area (Å²) in [6.07, 6.45) is 0. The Hall–Kier alpha value is -6.43. The maximum Gasteiger partial charge on any atom is 0.165 e. The van der Waals surface area contributed by atoms with Crippen molar-refractivity contribution in [3.63, 3.8) is 0 Å². The van der Waals surface area contributed by atoms with Crippen LogP contribution in [0.25, 0.3) is 98.5 Å². The number of benzene rings is 7. The molecule has 3 heterocycles. The van der Waals surface area contributed by atoms with Crippen molar-refractivity contribution in [3.8, 4) is 56.4 Å². The quantitative estimate of drug-likeness (QED) is 0.185. The normalized spacial score (nSPS) is 11.6. The molecule has 0 amide bonds. The van der Waals surface area contributed by atoms with Gasteiger partial charge in [-0.2, -0.15) is 0 Å². The van der Waals surface area contributed by atoms with Crippen LogP contribution in [-0.4, -0.2) is 15.0 Å². The van der Waals surface area contributed by atoms with Gasteiger partial charge in [-0.05, 0) is 52.6 Å². The Morgan fingerprint density at radius 2 is 0.940 bits per heavy atom. The zero-order chi connectivity index (χ0) is 33.0. The molecule has 10 aromatic rings. The second kappa shape index (κ2) is 11.6. The van der Waals surface area contributed by atoms with Gasteiger partial charge in [0.05, 0.1) is 0 Å². The van der Waals surface area contributed by atoms with Crippen LogP contribution in [-0.2, 0) is 0 Å². The molecule has 0 fully saturated rings. The maximum atomic E-state index is 6.27. The molecule has 0 saturated carbocycles. The third-order valence-electron chi connectivity index (χ3n) is 9.37. The molecule has 10 rings (SSSR count). The van der Waals surface area contributed by atoms with Crippen molar-refractivity contribution in [2.45, 2.75) is 0 Å². The van der Waals surface area contributed by atoms with Crippen molar-refractivity contribution in [1.29, 1.82) is 0 Å². The SMILES string of the molecule is c1ccc(-c2ccc(-c3cccc(-c4nc(-c5cccc6c5sc5ccccc56)nc(-c5cccc6oc7ccccc7c56)n4)c3)cc2)cc1. The molecule has 234 valence electrons. The fourth-order valence-electron chi connectivity index (χ4n) is 6.95.